The molecule has 0 aliphatic rings. The van der Waals surface area contributed by atoms with E-state index >= 15 is 0 Å². The van der Waals surface area contributed by atoms with Gasteiger partial charge in [-0.3, -0.25) is 4.99 Å². The molecule has 2 N–H and O–H groups in total. The van der Waals surface area contributed by atoms with Gasteiger partial charge in [-0.15, -0.1) is 35.3 Å². The molecule has 166 valence electrons. The van der Waals surface area contributed by atoms with Gasteiger partial charge in [0.25, 0.3) is 0 Å². The summed E-state index contributed by atoms with van der Waals surface area (Å²) in [6.45, 7) is 5.90. The minimum absolute atomic E-state index is 0. The van der Waals surface area contributed by atoms with Crippen molar-refractivity contribution in [2.75, 3.05) is 13.7 Å². The van der Waals surface area contributed by atoms with E-state index in [1.54, 1.807) is 24.6 Å². The SMILES string of the molecule is CCOc1ccccc1Oc1ccc(CNC(=NC)NCc2ncc(CC)s2)cn1.I. The van der Waals surface area contributed by atoms with Gasteiger partial charge < -0.3 is 20.1 Å². The van der Waals surface area contributed by atoms with Crippen molar-refractivity contribution in [3.8, 4) is 17.4 Å². The van der Waals surface area contributed by atoms with E-state index in [-0.39, 0.29) is 24.0 Å². The molecule has 31 heavy (non-hydrogen) atoms. The van der Waals surface area contributed by atoms with E-state index in [1.807, 2.05) is 49.5 Å². The lowest BCUT2D eigenvalue weighted by atomic mass is 10.3. The molecule has 0 atom stereocenters. The number of halogens is 1. The standard InChI is InChI=1S/C22H27N5O2S.HI/c1-4-17-14-25-21(30-17)15-27-22(23-3)26-13-16-10-11-20(24-12-16)29-19-9-7-6-8-18(19)28-5-2;/h6-12,14H,4-5,13,15H2,1-3H3,(H2,23,26,27);1H. The number of ether oxygens (including phenoxy) is 2. The Bertz CT molecular complexity index is 963. The van der Waals surface area contributed by atoms with E-state index in [0.29, 0.717) is 43.0 Å². The number of aryl methyl sites for hydroxylation is 1. The molecule has 3 aromatic rings. The first-order chi connectivity index (χ1) is 14.7. The summed E-state index contributed by atoms with van der Waals surface area (Å²) in [6, 6.07) is 11.4. The van der Waals surface area contributed by atoms with Crippen molar-refractivity contribution < 1.29 is 9.47 Å². The van der Waals surface area contributed by atoms with Crippen molar-refractivity contribution in [3.05, 3.63) is 64.2 Å². The van der Waals surface area contributed by atoms with Gasteiger partial charge in [-0.2, -0.15) is 0 Å². The van der Waals surface area contributed by atoms with Crippen molar-refractivity contribution in [1.29, 1.82) is 0 Å². The summed E-state index contributed by atoms with van der Waals surface area (Å²) in [7, 11) is 1.75. The second-order valence-electron chi connectivity index (χ2n) is 6.34. The number of guanidine groups is 1. The van der Waals surface area contributed by atoms with Crippen LogP contribution in [0.5, 0.6) is 17.4 Å². The van der Waals surface area contributed by atoms with Gasteiger partial charge in [0.1, 0.15) is 5.01 Å². The van der Waals surface area contributed by atoms with Gasteiger partial charge in [-0.1, -0.05) is 25.1 Å². The predicted molar refractivity (Wildman–Crippen MR) is 136 cm³/mol. The van der Waals surface area contributed by atoms with Gasteiger partial charge in [0.2, 0.25) is 5.88 Å². The molecule has 1 aromatic carbocycles. The number of aromatic nitrogens is 2. The molecule has 0 saturated carbocycles. The Labute approximate surface area is 204 Å². The Morgan fingerprint density at radius 3 is 2.42 bits per heavy atom. The molecule has 0 fully saturated rings. The van der Waals surface area contributed by atoms with Crippen LogP contribution in [0.15, 0.2) is 53.8 Å². The lowest BCUT2D eigenvalue weighted by molar-refractivity contribution is 0.319. The van der Waals surface area contributed by atoms with Gasteiger partial charge in [-0.25, -0.2) is 9.97 Å². The highest BCUT2D eigenvalue weighted by molar-refractivity contribution is 14.0. The minimum atomic E-state index is 0. The lowest BCUT2D eigenvalue weighted by Crippen LogP contribution is -2.36. The maximum Gasteiger partial charge on any atom is 0.219 e. The lowest BCUT2D eigenvalue weighted by Gasteiger charge is -2.12. The van der Waals surface area contributed by atoms with Crippen LogP contribution >= 0.6 is 35.3 Å². The molecular weight excluding hydrogens is 525 g/mol. The van der Waals surface area contributed by atoms with Crippen molar-refractivity contribution >= 4 is 41.3 Å². The van der Waals surface area contributed by atoms with Crippen LogP contribution < -0.4 is 20.1 Å². The molecule has 0 aliphatic carbocycles. The zero-order chi connectivity index (χ0) is 21.2. The van der Waals surface area contributed by atoms with E-state index in [9.17, 15) is 0 Å². The third kappa shape index (κ3) is 7.66. The van der Waals surface area contributed by atoms with Crippen molar-refractivity contribution in [3.63, 3.8) is 0 Å². The van der Waals surface area contributed by atoms with E-state index in [4.69, 9.17) is 9.47 Å². The normalized spacial score (nSPS) is 10.9. The molecule has 0 unspecified atom stereocenters. The van der Waals surface area contributed by atoms with Crippen LogP contribution in [0, 0.1) is 0 Å². The first kappa shape index (κ1) is 24.9. The number of pyridine rings is 1. The second kappa shape index (κ2) is 13.1. The van der Waals surface area contributed by atoms with Gasteiger partial charge in [0, 0.05) is 36.9 Å². The molecule has 3 rings (SSSR count). The van der Waals surface area contributed by atoms with Gasteiger partial charge in [0.15, 0.2) is 17.5 Å². The molecule has 7 nitrogen and oxygen atoms in total. The number of thiazole rings is 1. The summed E-state index contributed by atoms with van der Waals surface area (Å²) in [5, 5.41) is 7.62. The zero-order valence-electron chi connectivity index (χ0n) is 17.9. The number of hydrogen-bond acceptors (Lipinski definition) is 6. The molecule has 0 spiro atoms. The second-order valence-corrected chi connectivity index (χ2v) is 7.54. The highest BCUT2D eigenvalue weighted by Gasteiger charge is 2.07. The molecule has 0 bridgehead atoms. The van der Waals surface area contributed by atoms with E-state index in [1.165, 1.54) is 4.88 Å². The first-order valence-corrected chi connectivity index (χ1v) is 10.8. The van der Waals surface area contributed by atoms with Crippen LogP contribution in [0.4, 0.5) is 0 Å². The third-order valence-electron chi connectivity index (χ3n) is 4.20. The highest BCUT2D eigenvalue weighted by atomic mass is 127. The van der Waals surface area contributed by atoms with Gasteiger partial charge in [-0.05, 0) is 31.0 Å². The summed E-state index contributed by atoms with van der Waals surface area (Å²) in [5.74, 6) is 2.59. The molecule has 9 heteroatoms. The van der Waals surface area contributed by atoms with Gasteiger partial charge in [0.05, 0.1) is 13.2 Å². The molecule has 0 aliphatic heterocycles. The number of nitrogens with one attached hydrogen (secondary N) is 2. The Morgan fingerprint density at radius 1 is 1.00 bits per heavy atom. The van der Waals surface area contributed by atoms with E-state index in [0.717, 1.165) is 17.0 Å². The molecule has 0 amide bonds. The average Bonchev–Trinajstić information content (AvgIpc) is 3.25. The predicted octanol–water partition coefficient (Wildman–Crippen LogP) is 4.77. The van der Waals surface area contributed by atoms with Crippen LogP contribution in [-0.2, 0) is 19.5 Å². The summed E-state index contributed by atoms with van der Waals surface area (Å²) >= 11 is 1.72. The van der Waals surface area contributed by atoms with Crippen molar-refractivity contribution in [2.24, 2.45) is 4.99 Å². The fourth-order valence-electron chi connectivity index (χ4n) is 2.66. The fraction of sp³-hybridized carbons (Fsp3) is 0.318. The topological polar surface area (TPSA) is 80.7 Å². The summed E-state index contributed by atoms with van der Waals surface area (Å²) < 4.78 is 11.5. The summed E-state index contributed by atoms with van der Waals surface area (Å²) in [6.07, 6.45) is 4.72. The highest BCUT2D eigenvalue weighted by Crippen LogP contribution is 2.30. The van der Waals surface area contributed by atoms with Crippen molar-refractivity contribution in [2.45, 2.75) is 33.4 Å². The molecular formula is C22H28IN5O2S. The Balaban J connectivity index is 0.00000341. The molecule has 2 aromatic heterocycles. The maximum atomic E-state index is 5.86. The zero-order valence-corrected chi connectivity index (χ0v) is 21.1. The van der Waals surface area contributed by atoms with Gasteiger partial charge >= 0.3 is 0 Å². The van der Waals surface area contributed by atoms with Crippen LogP contribution in [0.1, 0.15) is 29.3 Å². The number of rotatable bonds is 9. The first-order valence-electron chi connectivity index (χ1n) is 9.94. The molecule has 0 radical (unpaired) electrons. The fourth-order valence-corrected chi connectivity index (χ4v) is 3.46. The van der Waals surface area contributed by atoms with Crippen molar-refractivity contribution in [1.82, 2.24) is 20.6 Å². The number of hydrogen-bond donors (Lipinski definition) is 2. The van der Waals surface area contributed by atoms with Crippen LogP contribution in [-0.4, -0.2) is 29.6 Å². The third-order valence-corrected chi connectivity index (χ3v) is 5.34. The summed E-state index contributed by atoms with van der Waals surface area (Å²) in [5.41, 5.74) is 1.02. The molecule has 2 heterocycles. The number of nitrogens with zero attached hydrogens (tertiary/aromatic N) is 3. The van der Waals surface area contributed by atoms with Crippen LogP contribution in [0.25, 0.3) is 0 Å². The molecule has 0 saturated heterocycles. The maximum absolute atomic E-state index is 5.86. The number of para-hydroxylation sites is 2. The quantitative estimate of drug-likeness (QED) is 0.226. The van der Waals surface area contributed by atoms with E-state index < -0.39 is 0 Å². The largest absolute Gasteiger partial charge is 0.490 e. The van der Waals surface area contributed by atoms with Crippen LogP contribution in [0.3, 0.4) is 0 Å². The monoisotopic (exact) mass is 553 g/mol. The Kier molecular flexibility index (Phi) is 10.5. The summed E-state index contributed by atoms with van der Waals surface area (Å²) in [4.78, 5) is 14.4. The Hall–Kier alpha value is -2.40. The number of aliphatic imine (C=N–C) groups is 1. The smallest absolute Gasteiger partial charge is 0.219 e. The minimum Gasteiger partial charge on any atom is -0.490 e. The Morgan fingerprint density at radius 2 is 1.77 bits per heavy atom. The number of benzene rings is 1. The van der Waals surface area contributed by atoms with E-state index in [2.05, 4.69) is 32.5 Å². The van der Waals surface area contributed by atoms with Crippen LogP contribution in [0.2, 0.25) is 0 Å². The average molecular weight is 553 g/mol.